The number of para-hydroxylation sites is 2. The van der Waals surface area contributed by atoms with Gasteiger partial charge in [-0.3, -0.25) is 4.90 Å². The Morgan fingerprint density at radius 1 is 0.964 bits per heavy atom. The average Bonchev–Trinajstić information content (AvgIpc) is 3.18. The minimum Gasteiger partial charge on any atom is -0.325 e. The highest BCUT2D eigenvalue weighted by molar-refractivity contribution is 5.76. The number of rotatable bonds is 5. The third-order valence-electron chi connectivity index (χ3n) is 6.92. The number of nitrogens with two attached hydrogens (primary N) is 1. The molecule has 2 N–H and O–H groups in total. The van der Waals surface area contributed by atoms with E-state index in [0.29, 0.717) is 18.1 Å². The first-order valence-electron chi connectivity index (χ1n) is 10.7. The summed E-state index contributed by atoms with van der Waals surface area (Å²) in [6.45, 7) is 3.27. The van der Waals surface area contributed by atoms with E-state index < -0.39 is 0 Å². The number of nitrogens with zero attached hydrogens (tertiary/aromatic N) is 3. The number of piperidine rings is 1. The number of hydrogen-bond acceptors (Lipinski definition) is 3. The van der Waals surface area contributed by atoms with Crippen LogP contribution in [0, 0.1) is 6.92 Å². The summed E-state index contributed by atoms with van der Waals surface area (Å²) in [7, 11) is 0. The Hall–Kier alpha value is -2.17. The Morgan fingerprint density at radius 2 is 1.64 bits per heavy atom. The lowest BCUT2D eigenvalue weighted by Gasteiger charge is -2.40. The molecule has 5 rings (SSSR count). The Labute approximate surface area is 167 Å². The van der Waals surface area contributed by atoms with E-state index in [4.69, 9.17) is 10.7 Å². The van der Waals surface area contributed by atoms with Gasteiger partial charge in [-0.25, -0.2) is 4.98 Å². The number of aromatic nitrogens is 2. The SMILES string of the molecule is Cc1nc2ccccc2n1C1C[C@@H]2CC[C@@H](C1)N2CC[C@H](N)c1ccccc1. The van der Waals surface area contributed by atoms with E-state index in [1.807, 2.05) is 0 Å². The molecule has 0 radical (unpaired) electrons. The summed E-state index contributed by atoms with van der Waals surface area (Å²) in [6, 6.07) is 21.2. The van der Waals surface area contributed by atoms with Gasteiger partial charge in [-0.1, -0.05) is 42.5 Å². The van der Waals surface area contributed by atoms with Crippen molar-refractivity contribution in [1.29, 1.82) is 0 Å². The van der Waals surface area contributed by atoms with Crippen molar-refractivity contribution in [2.45, 2.75) is 63.2 Å². The van der Waals surface area contributed by atoms with Crippen molar-refractivity contribution in [2.75, 3.05) is 6.54 Å². The van der Waals surface area contributed by atoms with E-state index in [0.717, 1.165) is 24.3 Å². The summed E-state index contributed by atoms with van der Waals surface area (Å²) in [5, 5.41) is 0. The maximum absolute atomic E-state index is 6.47. The molecule has 4 heteroatoms. The van der Waals surface area contributed by atoms with Crippen molar-refractivity contribution in [3.63, 3.8) is 0 Å². The number of hydrogen-bond donors (Lipinski definition) is 1. The van der Waals surface area contributed by atoms with Crippen molar-refractivity contribution in [1.82, 2.24) is 14.5 Å². The zero-order valence-corrected chi connectivity index (χ0v) is 16.7. The topological polar surface area (TPSA) is 47.1 Å². The predicted octanol–water partition coefficient (Wildman–Crippen LogP) is 4.60. The summed E-state index contributed by atoms with van der Waals surface area (Å²) in [6.07, 6.45) is 6.16. The van der Waals surface area contributed by atoms with E-state index in [1.165, 1.54) is 36.8 Å². The van der Waals surface area contributed by atoms with E-state index in [9.17, 15) is 0 Å². The van der Waals surface area contributed by atoms with Crippen LogP contribution in [0.25, 0.3) is 11.0 Å². The highest BCUT2D eigenvalue weighted by atomic mass is 15.2. The molecular weight excluding hydrogens is 344 g/mol. The Kier molecular flexibility index (Phi) is 4.69. The van der Waals surface area contributed by atoms with Gasteiger partial charge in [0.05, 0.1) is 11.0 Å². The fourth-order valence-corrected chi connectivity index (χ4v) is 5.60. The maximum atomic E-state index is 6.47. The van der Waals surface area contributed by atoms with Crippen LogP contribution in [0.15, 0.2) is 54.6 Å². The second-order valence-corrected chi connectivity index (χ2v) is 8.57. The Morgan fingerprint density at radius 3 is 2.39 bits per heavy atom. The zero-order chi connectivity index (χ0) is 19.1. The summed E-state index contributed by atoms with van der Waals surface area (Å²) in [4.78, 5) is 7.56. The molecule has 146 valence electrons. The van der Waals surface area contributed by atoms with Crippen molar-refractivity contribution in [2.24, 2.45) is 5.73 Å². The first kappa shape index (κ1) is 17.9. The van der Waals surface area contributed by atoms with E-state index in [-0.39, 0.29) is 6.04 Å². The molecule has 2 fully saturated rings. The molecule has 0 spiro atoms. The molecule has 3 heterocycles. The maximum Gasteiger partial charge on any atom is 0.106 e. The molecular formula is C24H30N4. The van der Waals surface area contributed by atoms with Gasteiger partial charge >= 0.3 is 0 Å². The van der Waals surface area contributed by atoms with Crippen LogP contribution in [-0.2, 0) is 0 Å². The summed E-state index contributed by atoms with van der Waals surface area (Å²) >= 11 is 0. The summed E-state index contributed by atoms with van der Waals surface area (Å²) < 4.78 is 2.51. The van der Waals surface area contributed by atoms with Crippen LogP contribution >= 0.6 is 0 Å². The van der Waals surface area contributed by atoms with Crippen LogP contribution in [0.2, 0.25) is 0 Å². The lowest BCUT2D eigenvalue weighted by atomic mass is 9.95. The molecule has 0 saturated carbocycles. The highest BCUT2D eigenvalue weighted by Gasteiger charge is 2.41. The standard InChI is InChI=1S/C24H30N4/c1-17-26-23-9-5-6-10-24(23)28(17)21-15-19-11-12-20(16-21)27(19)14-13-22(25)18-7-3-2-4-8-18/h2-10,19-22H,11-16,25H2,1H3/t19-,20-,22-/m0/s1. The van der Waals surface area contributed by atoms with Gasteiger partial charge in [0.1, 0.15) is 5.82 Å². The van der Waals surface area contributed by atoms with Crippen molar-refractivity contribution in [3.8, 4) is 0 Å². The monoisotopic (exact) mass is 374 g/mol. The van der Waals surface area contributed by atoms with E-state index in [2.05, 4.69) is 71.0 Å². The second-order valence-electron chi connectivity index (χ2n) is 8.57. The van der Waals surface area contributed by atoms with Crippen molar-refractivity contribution < 1.29 is 0 Å². The molecule has 3 atom stereocenters. The lowest BCUT2D eigenvalue weighted by Crippen LogP contribution is -2.44. The van der Waals surface area contributed by atoms with Crippen molar-refractivity contribution in [3.05, 3.63) is 66.0 Å². The van der Waals surface area contributed by atoms with Crippen LogP contribution in [-0.4, -0.2) is 33.1 Å². The molecule has 3 aromatic rings. The highest BCUT2D eigenvalue weighted by Crippen LogP contribution is 2.42. The largest absolute Gasteiger partial charge is 0.325 e. The smallest absolute Gasteiger partial charge is 0.106 e. The van der Waals surface area contributed by atoms with Crippen LogP contribution in [0.5, 0.6) is 0 Å². The lowest BCUT2D eigenvalue weighted by molar-refractivity contribution is 0.104. The van der Waals surface area contributed by atoms with Crippen LogP contribution in [0.4, 0.5) is 0 Å². The van der Waals surface area contributed by atoms with Gasteiger partial charge in [0, 0.05) is 30.7 Å². The predicted molar refractivity (Wildman–Crippen MR) is 114 cm³/mol. The minimum absolute atomic E-state index is 0.137. The van der Waals surface area contributed by atoms with Gasteiger partial charge < -0.3 is 10.3 Å². The molecule has 0 unspecified atom stereocenters. The van der Waals surface area contributed by atoms with E-state index in [1.54, 1.807) is 0 Å². The molecule has 2 bridgehead atoms. The second kappa shape index (κ2) is 7.34. The molecule has 1 aromatic heterocycles. The first-order valence-corrected chi connectivity index (χ1v) is 10.7. The third kappa shape index (κ3) is 3.15. The minimum atomic E-state index is 0.137. The van der Waals surface area contributed by atoms with Crippen molar-refractivity contribution >= 4 is 11.0 Å². The van der Waals surface area contributed by atoms with Gasteiger partial charge in [0.25, 0.3) is 0 Å². The molecule has 2 aliphatic rings. The Bertz CT molecular complexity index is 934. The molecule has 28 heavy (non-hydrogen) atoms. The summed E-state index contributed by atoms with van der Waals surface area (Å²) in [5.41, 5.74) is 10.1. The number of aryl methyl sites for hydroxylation is 1. The molecule has 4 nitrogen and oxygen atoms in total. The van der Waals surface area contributed by atoms with Gasteiger partial charge in [-0.15, -0.1) is 0 Å². The normalized spacial score (nSPS) is 26.0. The number of benzene rings is 2. The fourth-order valence-electron chi connectivity index (χ4n) is 5.60. The first-order chi connectivity index (χ1) is 13.7. The average molecular weight is 375 g/mol. The van der Waals surface area contributed by atoms with Gasteiger partial charge in [-0.05, 0) is 56.7 Å². The van der Waals surface area contributed by atoms with Crippen LogP contribution in [0.1, 0.15) is 55.6 Å². The van der Waals surface area contributed by atoms with Crippen LogP contribution in [0.3, 0.4) is 0 Å². The summed E-state index contributed by atoms with van der Waals surface area (Å²) in [5.74, 6) is 1.16. The van der Waals surface area contributed by atoms with Gasteiger partial charge in [0.15, 0.2) is 0 Å². The van der Waals surface area contributed by atoms with E-state index >= 15 is 0 Å². The third-order valence-corrected chi connectivity index (χ3v) is 6.92. The molecule has 2 aliphatic heterocycles. The molecule has 2 aromatic carbocycles. The van der Waals surface area contributed by atoms with Crippen LogP contribution < -0.4 is 5.73 Å². The molecule has 2 saturated heterocycles. The quantitative estimate of drug-likeness (QED) is 0.710. The number of imidazole rings is 1. The molecule has 0 aliphatic carbocycles. The Balaban J connectivity index is 1.29. The number of fused-ring (bicyclic) bond motifs is 3. The fraction of sp³-hybridized carbons (Fsp3) is 0.458. The van der Waals surface area contributed by atoms with Gasteiger partial charge in [-0.2, -0.15) is 0 Å². The zero-order valence-electron chi connectivity index (χ0n) is 16.7. The molecule has 0 amide bonds. The van der Waals surface area contributed by atoms with Gasteiger partial charge in [0.2, 0.25) is 0 Å².